The summed E-state index contributed by atoms with van der Waals surface area (Å²) in [5, 5.41) is 7.59. The lowest BCUT2D eigenvalue weighted by Gasteiger charge is -2.09. The normalized spacial score (nSPS) is 18.3. The molecule has 1 aromatic heterocycles. The van der Waals surface area contributed by atoms with E-state index in [0.29, 0.717) is 11.7 Å². The smallest absolute Gasteiger partial charge is 0.149 e. The molecule has 1 aliphatic rings. The van der Waals surface area contributed by atoms with Crippen molar-refractivity contribution in [3.63, 3.8) is 0 Å². The van der Waals surface area contributed by atoms with Gasteiger partial charge in [0.25, 0.3) is 0 Å². The Morgan fingerprint density at radius 1 is 1.33 bits per heavy atom. The van der Waals surface area contributed by atoms with Gasteiger partial charge in [0.15, 0.2) is 0 Å². The number of nitrogens with zero attached hydrogens (tertiary/aromatic N) is 2. The minimum absolute atomic E-state index is 0.615. The second-order valence-corrected chi connectivity index (χ2v) is 3.35. The first-order valence-electron chi connectivity index (χ1n) is 4.45. The van der Waals surface area contributed by atoms with Gasteiger partial charge in [0.1, 0.15) is 5.82 Å². The first-order chi connectivity index (χ1) is 5.88. The Balaban J connectivity index is 2.26. The fourth-order valence-corrected chi connectivity index (χ4v) is 1.93. The molecular weight excluding hydrogens is 150 g/mol. The van der Waals surface area contributed by atoms with Crippen LogP contribution in [0, 0.1) is 0 Å². The zero-order valence-electron chi connectivity index (χ0n) is 7.03. The van der Waals surface area contributed by atoms with E-state index >= 15 is 0 Å². The van der Waals surface area contributed by atoms with Gasteiger partial charge in [-0.15, -0.1) is 5.10 Å². The van der Waals surface area contributed by atoms with Gasteiger partial charge >= 0.3 is 0 Å². The van der Waals surface area contributed by atoms with Crippen LogP contribution >= 0.6 is 0 Å². The van der Waals surface area contributed by atoms with E-state index in [9.17, 15) is 0 Å². The van der Waals surface area contributed by atoms with E-state index in [1.807, 2.05) is 6.07 Å². The predicted molar refractivity (Wildman–Crippen MR) is 47.7 cm³/mol. The lowest BCUT2D eigenvalue weighted by molar-refractivity contribution is 0.718. The Hall–Kier alpha value is -1.12. The van der Waals surface area contributed by atoms with Crippen molar-refractivity contribution >= 4 is 5.82 Å². The van der Waals surface area contributed by atoms with Gasteiger partial charge in [-0.3, -0.25) is 0 Å². The molecule has 0 amide bonds. The zero-order valence-corrected chi connectivity index (χ0v) is 7.03. The number of hydrogen-bond acceptors (Lipinski definition) is 3. The second kappa shape index (κ2) is 3.09. The standard InChI is InChI=1S/C9H13N3/c10-9-8(5-6-11-12-9)7-3-1-2-4-7/h5-7H,1-4H2,(H2,10,12). The van der Waals surface area contributed by atoms with Crippen molar-refractivity contribution in [2.24, 2.45) is 0 Å². The van der Waals surface area contributed by atoms with Crippen LogP contribution in [0.3, 0.4) is 0 Å². The van der Waals surface area contributed by atoms with E-state index in [1.54, 1.807) is 6.20 Å². The monoisotopic (exact) mass is 163 g/mol. The highest BCUT2D eigenvalue weighted by atomic mass is 15.1. The number of hydrogen-bond donors (Lipinski definition) is 1. The van der Waals surface area contributed by atoms with E-state index in [-0.39, 0.29) is 0 Å². The molecule has 1 saturated carbocycles. The van der Waals surface area contributed by atoms with Crippen LogP contribution in [-0.4, -0.2) is 10.2 Å². The van der Waals surface area contributed by atoms with Crippen molar-refractivity contribution < 1.29 is 0 Å². The molecule has 1 aromatic rings. The van der Waals surface area contributed by atoms with Crippen molar-refractivity contribution in [2.45, 2.75) is 31.6 Å². The summed E-state index contributed by atoms with van der Waals surface area (Å²) in [7, 11) is 0. The first-order valence-corrected chi connectivity index (χ1v) is 4.45. The number of nitrogens with two attached hydrogens (primary N) is 1. The van der Waals surface area contributed by atoms with E-state index in [2.05, 4.69) is 10.2 Å². The van der Waals surface area contributed by atoms with Crippen LogP contribution in [0.5, 0.6) is 0 Å². The molecule has 2 N–H and O–H groups in total. The number of aromatic nitrogens is 2. The van der Waals surface area contributed by atoms with Crippen molar-refractivity contribution in [1.82, 2.24) is 10.2 Å². The fraction of sp³-hybridized carbons (Fsp3) is 0.556. The quantitative estimate of drug-likeness (QED) is 0.685. The van der Waals surface area contributed by atoms with Gasteiger partial charge in [-0.25, -0.2) is 0 Å². The zero-order chi connectivity index (χ0) is 8.39. The van der Waals surface area contributed by atoms with Crippen molar-refractivity contribution in [2.75, 3.05) is 5.73 Å². The summed E-state index contributed by atoms with van der Waals surface area (Å²) in [5.41, 5.74) is 6.92. The maximum atomic E-state index is 5.73. The van der Waals surface area contributed by atoms with Crippen molar-refractivity contribution in [1.29, 1.82) is 0 Å². The summed E-state index contributed by atoms with van der Waals surface area (Å²) in [6, 6.07) is 2.00. The number of nitrogen functional groups attached to an aromatic ring is 1. The fourth-order valence-electron chi connectivity index (χ4n) is 1.93. The second-order valence-electron chi connectivity index (χ2n) is 3.35. The highest BCUT2D eigenvalue weighted by Crippen LogP contribution is 2.35. The van der Waals surface area contributed by atoms with E-state index in [0.717, 1.165) is 0 Å². The summed E-state index contributed by atoms with van der Waals surface area (Å²) < 4.78 is 0. The minimum atomic E-state index is 0.615. The molecule has 0 spiro atoms. The Morgan fingerprint density at radius 2 is 2.08 bits per heavy atom. The maximum Gasteiger partial charge on any atom is 0.149 e. The van der Waals surface area contributed by atoms with E-state index in [4.69, 9.17) is 5.73 Å². The molecule has 2 rings (SSSR count). The van der Waals surface area contributed by atoms with Crippen LogP contribution in [0.15, 0.2) is 12.3 Å². The first kappa shape index (κ1) is 7.53. The molecule has 1 aliphatic carbocycles. The van der Waals surface area contributed by atoms with Crippen LogP contribution in [-0.2, 0) is 0 Å². The van der Waals surface area contributed by atoms with Gasteiger partial charge in [-0.1, -0.05) is 12.8 Å². The Labute approximate surface area is 72.0 Å². The van der Waals surface area contributed by atoms with Gasteiger partial charge in [-0.2, -0.15) is 5.10 Å². The lowest BCUT2D eigenvalue weighted by Crippen LogP contribution is -2.02. The van der Waals surface area contributed by atoms with E-state index in [1.165, 1.54) is 31.2 Å². The largest absolute Gasteiger partial charge is 0.382 e. The highest BCUT2D eigenvalue weighted by Gasteiger charge is 2.19. The molecule has 0 bridgehead atoms. The molecule has 0 saturated heterocycles. The van der Waals surface area contributed by atoms with Crippen LogP contribution in [0.25, 0.3) is 0 Å². The molecule has 3 nitrogen and oxygen atoms in total. The maximum absolute atomic E-state index is 5.73. The molecule has 64 valence electrons. The average Bonchev–Trinajstić information content (AvgIpc) is 2.57. The van der Waals surface area contributed by atoms with Gasteiger partial charge in [0.05, 0.1) is 6.20 Å². The molecule has 1 fully saturated rings. The van der Waals surface area contributed by atoms with E-state index < -0.39 is 0 Å². The third kappa shape index (κ3) is 1.26. The Morgan fingerprint density at radius 3 is 2.75 bits per heavy atom. The molecule has 0 radical (unpaired) electrons. The topological polar surface area (TPSA) is 51.8 Å². The van der Waals surface area contributed by atoms with Crippen LogP contribution < -0.4 is 5.73 Å². The molecule has 0 aliphatic heterocycles. The van der Waals surface area contributed by atoms with Gasteiger partial charge in [0, 0.05) is 5.56 Å². The Bertz CT molecular complexity index is 266. The SMILES string of the molecule is Nc1nnccc1C1CCCC1. The molecule has 3 heteroatoms. The van der Waals surface area contributed by atoms with Crippen LogP contribution in [0.1, 0.15) is 37.2 Å². The van der Waals surface area contributed by atoms with Gasteiger partial charge in [0.2, 0.25) is 0 Å². The molecular formula is C9H13N3. The average molecular weight is 163 g/mol. The minimum Gasteiger partial charge on any atom is -0.382 e. The Kier molecular flexibility index (Phi) is 1.94. The van der Waals surface area contributed by atoms with Crippen molar-refractivity contribution in [3.05, 3.63) is 17.8 Å². The molecule has 0 aromatic carbocycles. The van der Waals surface area contributed by atoms with Crippen LogP contribution in [0.2, 0.25) is 0 Å². The lowest BCUT2D eigenvalue weighted by atomic mass is 9.99. The molecule has 0 unspecified atom stereocenters. The summed E-state index contributed by atoms with van der Waals surface area (Å²) in [6.45, 7) is 0. The number of rotatable bonds is 1. The third-order valence-corrected chi connectivity index (χ3v) is 2.58. The summed E-state index contributed by atoms with van der Waals surface area (Å²) in [4.78, 5) is 0. The summed E-state index contributed by atoms with van der Waals surface area (Å²) in [5.74, 6) is 1.25. The third-order valence-electron chi connectivity index (χ3n) is 2.58. The molecule has 1 heterocycles. The van der Waals surface area contributed by atoms with Crippen molar-refractivity contribution in [3.8, 4) is 0 Å². The van der Waals surface area contributed by atoms with Gasteiger partial charge < -0.3 is 5.73 Å². The highest BCUT2D eigenvalue weighted by molar-refractivity contribution is 5.39. The van der Waals surface area contributed by atoms with Gasteiger partial charge in [-0.05, 0) is 24.8 Å². The molecule has 0 atom stereocenters. The number of anilines is 1. The summed E-state index contributed by atoms with van der Waals surface area (Å²) >= 11 is 0. The van der Waals surface area contributed by atoms with Crippen LogP contribution in [0.4, 0.5) is 5.82 Å². The summed E-state index contributed by atoms with van der Waals surface area (Å²) in [6.07, 6.45) is 6.90. The predicted octanol–water partition coefficient (Wildman–Crippen LogP) is 1.72. The molecule has 12 heavy (non-hydrogen) atoms.